The van der Waals surface area contributed by atoms with Gasteiger partial charge in [-0.05, 0) is 88.8 Å². The van der Waals surface area contributed by atoms with Gasteiger partial charge in [-0.15, -0.1) is 0 Å². The number of piperidine rings is 1. The van der Waals surface area contributed by atoms with Crippen LogP contribution in [-0.4, -0.2) is 59.5 Å². The lowest BCUT2D eigenvalue weighted by atomic mass is 9.91. The quantitative estimate of drug-likeness (QED) is 0.306. The van der Waals surface area contributed by atoms with Crippen LogP contribution in [0.3, 0.4) is 0 Å². The molecule has 0 spiro atoms. The Morgan fingerprint density at radius 3 is 2.32 bits per heavy atom. The fraction of sp³-hybridized carbons (Fsp3) is 0.559. The molecule has 0 bridgehead atoms. The predicted molar refractivity (Wildman–Crippen MR) is 165 cm³/mol. The second kappa shape index (κ2) is 15.6. The summed E-state index contributed by atoms with van der Waals surface area (Å²) >= 11 is 0. The smallest absolute Gasteiger partial charge is 0.410 e. The van der Waals surface area contributed by atoms with Crippen molar-refractivity contribution in [3.05, 3.63) is 65.7 Å². The number of likely N-dealkylation sites (tertiary alicyclic amines) is 1. The number of ether oxygens (including phenoxy) is 1. The first-order valence-corrected chi connectivity index (χ1v) is 15.2. The second-order valence-electron chi connectivity index (χ2n) is 12.2. The van der Waals surface area contributed by atoms with E-state index in [1.54, 1.807) is 16.8 Å². The average molecular weight is 564 g/mol. The third kappa shape index (κ3) is 10.5. The van der Waals surface area contributed by atoms with Crippen LogP contribution in [0.4, 0.5) is 10.5 Å². The number of hydrogen-bond donors (Lipinski definition) is 1. The number of anilines is 1. The van der Waals surface area contributed by atoms with Gasteiger partial charge in [-0.1, -0.05) is 61.9 Å². The van der Waals surface area contributed by atoms with Gasteiger partial charge in [-0.25, -0.2) is 4.79 Å². The van der Waals surface area contributed by atoms with Crippen molar-refractivity contribution in [2.75, 3.05) is 25.5 Å². The molecule has 224 valence electrons. The molecule has 1 fully saturated rings. The van der Waals surface area contributed by atoms with Gasteiger partial charge in [0.15, 0.2) is 0 Å². The van der Waals surface area contributed by atoms with E-state index < -0.39 is 11.6 Å². The minimum atomic E-state index is -0.508. The predicted octanol–water partition coefficient (Wildman–Crippen LogP) is 6.85. The van der Waals surface area contributed by atoms with Gasteiger partial charge in [-0.3, -0.25) is 9.59 Å². The highest BCUT2D eigenvalue weighted by atomic mass is 16.6. The van der Waals surface area contributed by atoms with E-state index in [4.69, 9.17) is 4.74 Å². The molecule has 1 aliphatic heterocycles. The van der Waals surface area contributed by atoms with Crippen molar-refractivity contribution in [1.29, 1.82) is 0 Å². The molecule has 1 unspecified atom stereocenters. The van der Waals surface area contributed by atoms with E-state index >= 15 is 0 Å². The molecule has 1 aliphatic rings. The van der Waals surface area contributed by atoms with E-state index in [2.05, 4.69) is 23.5 Å². The highest BCUT2D eigenvalue weighted by Crippen LogP contribution is 2.25. The van der Waals surface area contributed by atoms with E-state index in [9.17, 15) is 14.4 Å². The number of hydrogen-bond acceptors (Lipinski definition) is 4. The van der Waals surface area contributed by atoms with E-state index in [0.717, 1.165) is 56.2 Å². The minimum Gasteiger partial charge on any atom is -0.444 e. The van der Waals surface area contributed by atoms with Crippen LogP contribution in [0, 0.1) is 5.92 Å². The maximum absolute atomic E-state index is 13.4. The maximum atomic E-state index is 13.4. The number of nitrogens with zero attached hydrogens (tertiary/aromatic N) is 2. The van der Waals surface area contributed by atoms with Crippen molar-refractivity contribution in [3.63, 3.8) is 0 Å². The van der Waals surface area contributed by atoms with Crippen molar-refractivity contribution in [2.45, 2.75) is 97.1 Å². The second-order valence-corrected chi connectivity index (χ2v) is 12.2. The van der Waals surface area contributed by atoms with Gasteiger partial charge in [0, 0.05) is 32.2 Å². The molecule has 3 amide bonds. The van der Waals surface area contributed by atoms with Gasteiger partial charge in [0.05, 0.1) is 0 Å². The van der Waals surface area contributed by atoms with Crippen molar-refractivity contribution < 1.29 is 19.1 Å². The molecule has 1 N–H and O–H groups in total. The number of aryl methyl sites for hydroxylation is 2. The van der Waals surface area contributed by atoms with E-state index in [1.807, 2.05) is 64.1 Å². The molecule has 0 radical (unpaired) electrons. The molecule has 0 aromatic heterocycles. The summed E-state index contributed by atoms with van der Waals surface area (Å²) in [5.74, 6) is 0.362. The summed E-state index contributed by atoms with van der Waals surface area (Å²) in [6, 6.07) is 17.8. The molecule has 3 rings (SSSR count). The molecule has 7 nitrogen and oxygen atoms in total. The zero-order valence-corrected chi connectivity index (χ0v) is 25.7. The average Bonchev–Trinajstić information content (AvgIpc) is 2.95. The topological polar surface area (TPSA) is 79.0 Å². The molecule has 1 heterocycles. The first-order chi connectivity index (χ1) is 19.6. The van der Waals surface area contributed by atoms with Gasteiger partial charge >= 0.3 is 6.09 Å². The number of likely N-dealkylation sites (N-methyl/N-ethyl adjacent to an activating group) is 1. The number of benzene rings is 2. The normalized spacial score (nSPS) is 14.8. The Morgan fingerprint density at radius 1 is 1.00 bits per heavy atom. The van der Waals surface area contributed by atoms with Crippen LogP contribution < -0.4 is 5.32 Å². The van der Waals surface area contributed by atoms with E-state index in [1.165, 1.54) is 5.56 Å². The first kappa shape index (κ1) is 32.2. The van der Waals surface area contributed by atoms with Crippen LogP contribution in [0.15, 0.2) is 54.6 Å². The molecule has 0 saturated carbocycles. The summed E-state index contributed by atoms with van der Waals surface area (Å²) in [5, 5.41) is 3.13. The molecular weight excluding hydrogens is 514 g/mol. The lowest BCUT2D eigenvalue weighted by Gasteiger charge is -2.33. The highest BCUT2D eigenvalue weighted by molar-refractivity contribution is 5.97. The van der Waals surface area contributed by atoms with Gasteiger partial charge < -0.3 is 19.9 Å². The monoisotopic (exact) mass is 563 g/mol. The van der Waals surface area contributed by atoms with Crippen molar-refractivity contribution in [3.8, 4) is 0 Å². The Bertz CT molecular complexity index is 1120. The van der Waals surface area contributed by atoms with Gasteiger partial charge in [0.2, 0.25) is 11.8 Å². The van der Waals surface area contributed by atoms with Crippen molar-refractivity contribution in [2.24, 2.45) is 5.92 Å². The third-order valence-corrected chi connectivity index (χ3v) is 7.80. The van der Waals surface area contributed by atoms with E-state index in [-0.39, 0.29) is 17.9 Å². The summed E-state index contributed by atoms with van der Waals surface area (Å²) in [6.07, 6.45) is 6.89. The summed E-state index contributed by atoms with van der Waals surface area (Å²) in [5.41, 5.74) is 2.68. The summed E-state index contributed by atoms with van der Waals surface area (Å²) in [6.45, 7) is 9.07. The Kier molecular flexibility index (Phi) is 12.2. The van der Waals surface area contributed by atoms with Crippen molar-refractivity contribution in [1.82, 2.24) is 9.80 Å². The first-order valence-electron chi connectivity index (χ1n) is 15.2. The third-order valence-electron chi connectivity index (χ3n) is 7.80. The number of carbonyl (C=O) groups excluding carboxylic acids is 3. The Balaban J connectivity index is 1.48. The minimum absolute atomic E-state index is 0.00199. The van der Waals surface area contributed by atoms with Crippen LogP contribution >= 0.6 is 0 Å². The molecule has 2 aromatic rings. The number of carbonyl (C=O) groups is 3. The molecule has 2 aromatic carbocycles. The molecule has 0 aliphatic carbocycles. The van der Waals surface area contributed by atoms with Crippen LogP contribution in [0.25, 0.3) is 0 Å². The van der Waals surface area contributed by atoms with Crippen LogP contribution in [0.1, 0.15) is 83.8 Å². The molecule has 7 heteroatoms. The molecule has 1 atom stereocenters. The zero-order valence-electron chi connectivity index (χ0n) is 25.7. The molecular formula is C34H49N3O4. The molecule has 41 heavy (non-hydrogen) atoms. The van der Waals surface area contributed by atoms with Gasteiger partial charge in [0.1, 0.15) is 11.6 Å². The fourth-order valence-electron chi connectivity index (χ4n) is 5.40. The van der Waals surface area contributed by atoms with Crippen LogP contribution in [0.2, 0.25) is 0 Å². The summed E-state index contributed by atoms with van der Waals surface area (Å²) < 4.78 is 5.49. The maximum Gasteiger partial charge on any atom is 0.410 e. The van der Waals surface area contributed by atoms with Crippen molar-refractivity contribution >= 4 is 23.6 Å². The fourth-order valence-corrected chi connectivity index (χ4v) is 5.40. The van der Waals surface area contributed by atoms with Crippen LogP contribution in [-0.2, 0) is 27.2 Å². The molecule has 1 saturated heterocycles. The number of para-hydroxylation sites is 1. The Labute approximate surface area is 246 Å². The van der Waals surface area contributed by atoms with Gasteiger partial charge in [0.25, 0.3) is 0 Å². The highest BCUT2D eigenvalue weighted by Gasteiger charge is 2.28. The number of nitrogens with one attached hydrogen (secondary N) is 1. The van der Waals surface area contributed by atoms with Crippen LogP contribution in [0.5, 0.6) is 0 Å². The lowest BCUT2D eigenvalue weighted by molar-refractivity contribution is -0.137. The standard InChI is InChI=1S/C34H49N3O4/c1-6-13-30(32(39)35-29-18-11-10-17-28(29)21-20-26-14-8-7-9-15-26)36(5)31(38)19-12-16-27-22-24-37(25-23-27)33(40)41-34(2,3)4/h7-11,14-15,17-18,27,30H,6,12-13,16,19-25H2,1-5H3,(H,35,39). The summed E-state index contributed by atoms with van der Waals surface area (Å²) in [4.78, 5) is 42.3. The van der Waals surface area contributed by atoms with Gasteiger partial charge in [-0.2, -0.15) is 0 Å². The Hall–Kier alpha value is -3.35. The lowest BCUT2D eigenvalue weighted by Crippen LogP contribution is -2.45. The largest absolute Gasteiger partial charge is 0.444 e. The SMILES string of the molecule is CCCC(C(=O)Nc1ccccc1CCc1ccccc1)N(C)C(=O)CCCC1CCN(C(=O)OC(C)(C)C)CC1. The number of amides is 3. The van der Waals surface area contributed by atoms with E-state index in [0.29, 0.717) is 31.8 Å². The summed E-state index contributed by atoms with van der Waals surface area (Å²) in [7, 11) is 1.75. The Morgan fingerprint density at radius 2 is 1.66 bits per heavy atom. The zero-order chi connectivity index (χ0) is 29.8. The number of rotatable bonds is 12.